The molecule has 2 aromatic rings. The molecule has 6 nitrogen and oxygen atoms in total. The zero-order valence-corrected chi connectivity index (χ0v) is 16.8. The molecule has 8 heteroatoms. The molecule has 0 unspecified atom stereocenters. The van der Waals surface area contributed by atoms with Crippen LogP contribution in [0.5, 0.6) is 0 Å². The third kappa shape index (κ3) is 3.91. The van der Waals surface area contributed by atoms with E-state index in [0.717, 1.165) is 4.88 Å². The summed E-state index contributed by atoms with van der Waals surface area (Å²) in [5.41, 5.74) is 0.437. The molecule has 1 saturated heterocycles. The van der Waals surface area contributed by atoms with Crippen LogP contribution in [0.1, 0.15) is 34.5 Å². The van der Waals surface area contributed by atoms with E-state index in [1.807, 2.05) is 17.5 Å². The van der Waals surface area contributed by atoms with E-state index in [1.165, 1.54) is 0 Å². The minimum absolute atomic E-state index is 0.0757. The molecule has 1 spiro atoms. The number of thiophene rings is 1. The molecule has 4 rings (SSSR count). The van der Waals surface area contributed by atoms with Gasteiger partial charge in [-0.15, -0.1) is 11.3 Å². The summed E-state index contributed by atoms with van der Waals surface area (Å²) in [6.45, 7) is 1.58. The largest absolute Gasteiger partial charge is 0.388 e. The van der Waals surface area contributed by atoms with Crippen LogP contribution in [0.2, 0.25) is 5.02 Å². The van der Waals surface area contributed by atoms with Crippen molar-refractivity contribution in [1.29, 1.82) is 0 Å². The van der Waals surface area contributed by atoms with Gasteiger partial charge >= 0.3 is 0 Å². The summed E-state index contributed by atoms with van der Waals surface area (Å²) in [7, 11) is 0. The standard InChI is InChI=1S/C20H20ClN3O3S/c21-16-6-2-1-5-15(16)19(26)24-9-7-20(8-10-24)12-17(23-27-20)18(25)22-13-14-4-3-11-28-14/h1-6,11H,7-10,12-13H2,(H,22,25). The molecular weight excluding hydrogens is 398 g/mol. The Morgan fingerprint density at radius 2 is 2.00 bits per heavy atom. The summed E-state index contributed by atoms with van der Waals surface area (Å²) in [5.74, 6) is -0.270. The maximum absolute atomic E-state index is 12.7. The van der Waals surface area contributed by atoms with Gasteiger partial charge in [0.15, 0.2) is 0 Å². The van der Waals surface area contributed by atoms with Gasteiger partial charge in [-0.1, -0.05) is 35.0 Å². The van der Waals surface area contributed by atoms with E-state index < -0.39 is 5.60 Å². The minimum Gasteiger partial charge on any atom is -0.388 e. The Bertz CT molecular complexity index is 905. The number of piperidine rings is 1. The monoisotopic (exact) mass is 417 g/mol. The number of benzene rings is 1. The predicted molar refractivity (Wildman–Crippen MR) is 109 cm³/mol. The van der Waals surface area contributed by atoms with Gasteiger partial charge in [0.1, 0.15) is 11.3 Å². The Morgan fingerprint density at radius 3 is 2.71 bits per heavy atom. The number of likely N-dealkylation sites (tertiary alicyclic amines) is 1. The van der Waals surface area contributed by atoms with Crippen LogP contribution >= 0.6 is 22.9 Å². The molecule has 0 aliphatic carbocycles. The SMILES string of the molecule is O=C(NCc1cccs1)C1=NOC2(CCN(C(=O)c3ccccc3Cl)CC2)C1. The van der Waals surface area contributed by atoms with Crippen molar-refractivity contribution in [2.75, 3.05) is 13.1 Å². The average Bonchev–Trinajstić information content (AvgIpc) is 3.37. The molecule has 0 saturated carbocycles. The van der Waals surface area contributed by atoms with E-state index in [2.05, 4.69) is 10.5 Å². The summed E-state index contributed by atoms with van der Waals surface area (Å²) >= 11 is 7.74. The van der Waals surface area contributed by atoms with Gasteiger partial charge in [0.05, 0.1) is 17.1 Å². The highest BCUT2D eigenvalue weighted by Gasteiger charge is 2.44. The molecule has 2 aliphatic rings. The Morgan fingerprint density at radius 1 is 1.21 bits per heavy atom. The molecule has 3 heterocycles. The number of carbonyl (C=O) groups is 2. The second-order valence-electron chi connectivity index (χ2n) is 7.02. The van der Waals surface area contributed by atoms with Gasteiger partial charge in [-0.05, 0) is 23.6 Å². The van der Waals surface area contributed by atoms with Crippen molar-refractivity contribution in [3.63, 3.8) is 0 Å². The van der Waals surface area contributed by atoms with Crippen molar-refractivity contribution in [1.82, 2.24) is 10.2 Å². The predicted octanol–water partition coefficient (Wildman–Crippen LogP) is 3.47. The topological polar surface area (TPSA) is 71.0 Å². The van der Waals surface area contributed by atoms with Crippen LogP contribution in [0, 0.1) is 0 Å². The molecule has 0 radical (unpaired) electrons. The fourth-order valence-electron chi connectivity index (χ4n) is 3.52. The number of nitrogens with zero attached hydrogens (tertiary/aromatic N) is 2. The number of rotatable bonds is 4. The minimum atomic E-state index is -0.493. The zero-order chi connectivity index (χ0) is 19.6. The summed E-state index contributed by atoms with van der Waals surface area (Å²) < 4.78 is 0. The summed E-state index contributed by atoms with van der Waals surface area (Å²) in [6.07, 6.45) is 1.74. The molecule has 28 heavy (non-hydrogen) atoms. The molecule has 0 bridgehead atoms. The number of oxime groups is 1. The lowest BCUT2D eigenvalue weighted by molar-refractivity contribution is -0.115. The first-order valence-corrected chi connectivity index (χ1v) is 10.4. The highest BCUT2D eigenvalue weighted by Crippen LogP contribution is 2.35. The van der Waals surface area contributed by atoms with Crippen molar-refractivity contribution in [2.45, 2.75) is 31.4 Å². The van der Waals surface area contributed by atoms with E-state index in [9.17, 15) is 9.59 Å². The Balaban J connectivity index is 1.31. The van der Waals surface area contributed by atoms with E-state index in [1.54, 1.807) is 40.5 Å². The van der Waals surface area contributed by atoms with Crippen molar-refractivity contribution in [3.05, 3.63) is 57.2 Å². The van der Waals surface area contributed by atoms with Crippen molar-refractivity contribution >= 4 is 40.5 Å². The van der Waals surface area contributed by atoms with Crippen molar-refractivity contribution in [3.8, 4) is 0 Å². The number of halogens is 1. The first kappa shape index (κ1) is 19.0. The smallest absolute Gasteiger partial charge is 0.269 e. The first-order valence-electron chi connectivity index (χ1n) is 9.16. The molecule has 1 N–H and O–H groups in total. The normalized spacial score (nSPS) is 17.9. The summed E-state index contributed by atoms with van der Waals surface area (Å²) in [5, 5.41) is 9.36. The van der Waals surface area contributed by atoms with Gasteiger partial charge in [0, 0.05) is 37.2 Å². The Labute approximate surface area is 172 Å². The van der Waals surface area contributed by atoms with E-state index in [-0.39, 0.29) is 11.8 Å². The first-order chi connectivity index (χ1) is 13.6. The lowest BCUT2D eigenvalue weighted by atomic mass is 9.86. The molecule has 1 aromatic carbocycles. The number of amides is 2. The maximum atomic E-state index is 12.7. The second kappa shape index (κ2) is 7.93. The maximum Gasteiger partial charge on any atom is 0.269 e. The number of nitrogens with one attached hydrogen (secondary N) is 1. The fourth-order valence-corrected chi connectivity index (χ4v) is 4.38. The highest BCUT2D eigenvalue weighted by atomic mass is 35.5. The highest BCUT2D eigenvalue weighted by molar-refractivity contribution is 7.09. The fraction of sp³-hybridized carbons (Fsp3) is 0.350. The van der Waals surface area contributed by atoms with Gasteiger partial charge in [-0.2, -0.15) is 0 Å². The molecule has 2 amide bonds. The van der Waals surface area contributed by atoms with Crippen LogP contribution < -0.4 is 5.32 Å². The number of hydrogen-bond donors (Lipinski definition) is 1. The lowest BCUT2D eigenvalue weighted by Gasteiger charge is -2.37. The lowest BCUT2D eigenvalue weighted by Crippen LogP contribution is -2.47. The van der Waals surface area contributed by atoms with Gasteiger partial charge < -0.3 is 15.1 Å². The molecule has 1 fully saturated rings. The van der Waals surface area contributed by atoms with Crippen LogP contribution in [0.4, 0.5) is 0 Å². The van der Waals surface area contributed by atoms with Gasteiger partial charge in [-0.3, -0.25) is 9.59 Å². The van der Waals surface area contributed by atoms with Crippen LogP contribution in [0.15, 0.2) is 46.9 Å². The third-order valence-electron chi connectivity index (χ3n) is 5.17. The van der Waals surface area contributed by atoms with Gasteiger partial charge in [0.25, 0.3) is 11.8 Å². The molecule has 146 valence electrons. The van der Waals surface area contributed by atoms with E-state index in [4.69, 9.17) is 16.4 Å². The molecule has 1 aromatic heterocycles. The van der Waals surface area contributed by atoms with Gasteiger partial charge in [0.2, 0.25) is 0 Å². The summed E-state index contributed by atoms with van der Waals surface area (Å²) in [4.78, 5) is 33.6. The van der Waals surface area contributed by atoms with Crippen LogP contribution in [0.25, 0.3) is 0 Å². The summed E-state index contributed by atoms with van der Waals surface area (Å²) in [6, 6.07) is 11.0. The van der Waals surface area contributed by atoms with Crippen LogP contribution in [-0.4, -0.2) is 41.1 Å². The van der Waals surface area contributed by atoms with Crippen LogP contribution in [-0.2, 0) is 16.2 Å². The molecule has 0 atom stereocenters. The molecular formula is C20H20ClN3O3S. The quantitative estimate of drug-likeness (QED) is 0.827. The third-order valence-corrected chi connectivity index (χ3v) is 6.38. The van der Waals surface area contributed by atoms with E-state index >= 15 is 0 Å². The van der Waals surface area contributed by atoms with Crippen molar-refractivity contribution in [2.24, 2.45) is 5.16 Å². The van der Waals surface area contributed by atoms with Crippen LogP contribution in [0.3, 0.4) is 0 Å². The Kier molecular flexibility index (Phi) is 5.37. The Hall–Kier alpha value is -2.38. The molecule has 2 aliphatic heterocycles. The van der Waals surface area contributed by atoms with E-state index in [0.29, 0.717) is 55.2 Å². The average molecular weight is 418 g/mol. The van der Waals surface area contributed by atoms with Gasteiger partial charge in [-0.25, -0.2) is 0 Å². The second-order valence-corrected chi connectivity index (χ2v) is 8.46. The zero-order valence-electron chi connectivity index (χ0n) is 15.2. The number of hydrogen-bond acceptors (Lipinski definition) is 5. The number of carbonyl (C=O) groups excluding carboxylic acids is 2. The van der Waals surface area contributed by atoms with Crippen molar-refractivity contribution < 1.29 is 14.4 Å².